The summed E-state index contributed by atoms with van der Waals surface area (Å²) in [5, 5.41) is 5.11. The smallest absolute Gasteiger partial charge is 0.261 e. The van der Waals surface area contributed by atoms with E-state index in [1.807, 2.05) is 0 Å². The van der Waals surface area contributed by atoms with Gasteiger partial charge in [-0.2, -0.15) is 0 Å². The normalized spacial score (nSPS) is 12.8. The van der Waals surface area contributed by atoms with E-state index in [9.17, 15) is 25.3 Å². The number of nitrogens with one attached hydrogen (secondary N) is 1. The lowest BCUT2D eigenvalue weighted by Gasteiger charge is -2.13. The number of ether oxygens (including phenoxy) is 1. The van der Waals surface area contributed by atoms with Crippen LogP contribution in [0, 0.1) is 0 Å². The highest BCUT2D eigenvalue weighted by molar-refractivity contribution is 7.92. The monoisotopic (exact) mass is 449 g/mol. The number of benzene rings is 2. The van der Waals surface area contributed by atoms with Crippen LogP contribution in [-0.2, 0) is 30.1 Å². The van der Waals surface area contributed by atoms with Gasteiger partial charge in [0.15, 0.2) is 0 Å². The number of anilines is 1. The minimum atomic E-state index is -4.15. The van der Waals surface area contributed by atoms with Gasteiger partial charge in [0.1, 0.15) is 10.6 Å². The van der Waals surface area contributed by atoms with E-state index in [4.69, 9.17) is 9.88 Å². The zero-order valence-electron chi connectivity index (χ0n) is 15.1. The van der Waals surface area contributed by atoms with E-state index in [1.165, 1.54) is 33.3 Å². The van der Waals surface area contributed by atoms with Gasteiger partial charge in [-0.25, -0.2) is 34.7 Å². The van der Waals surface area contributed by atoms with Gasteiger partial charge < -0.3 is 4.74 Å². The largest absolute Gasteiger partial charge is 0.495 e. The molecule has 0 unspecified atom stereocenters. The van der Waals surface area contributed by atoms with Crippen LogP contribution in [0.25, 0.3) is 0 Å². The van der Waals surface area contributed by atoms with E-state index < -0.39 is 30.1 Å². The molecule has 2 aromatic carbocycles. The van der Waals surface area contributed by atoms with E-state index in [0.717, 1.165) is 34.6 Å². The molecular formula is C15H19N3O7S3. The molecule has 0 saturated heterocycles. The van der Waals surface area contributed by atoms with Gasteiger partial charge in [-0.3, -0.25) is 4.72 Å². The first kappa shape index (κ1) is 22.1. The van der Waals surface area contributed by atoms with Gasteiger partial charge in [0.25, 0.3) is 10.0 Å². The highest BCUT2D eigenvalue weighted by Gasteiger charge is 2.21. The number of hydrogen-bond acceptors (Lipinski definition) is 7. The lowest BCUT2D eigenvalue weighted by Crippen LogP contribution is -2.22. The number of nitrogens with zero attached hydrogens (tertiary/aromatic N) is 1. The average Bonchev–Trinajstić information content (AvgIpc) is 2.60. The van der Waals surface area contributed by atoms with Crippen LogP contribution in [0.15, 0.2) is 57.2 Å². The van der Waals surface area contributed by atoms with Gasteiger partial charge in [0.2, 0.25) is 20.0 Å². The van der Waals surface area contributed by atoms with Gasteiger partial charge in [0.05, 0.1) is 22.6 Å². The Morgan fingerprint density at radius 1 is 0.893 bits per heavy atom. The molecule has 3 N–H and O–H groups in total. The molecule has 2 rings (SSSR count). The zero-order chi connectivity index (χ0) is 21.3. The van der Waals surface area contributed by atoms with E-state index in [0.29, 0.717) is 0 Å². The van der Waals surface area contributed by atoms with Crippen molar-refractivity contribution in [3.8, 4) is 5.75 Å². The molecule has 0 aromatic heterocycles. The van der Waals surface area contributed by atoms with Crippen LogP contribution >= 0.6 is 0 Å². The highest BCUT2D eigenvalue weighted by Crippen LogP contribution is 2.27. The van der Waals surface area contributed by atoms with Crippen molar-refractivity contribution in [2.24, 2.45) is 5.14 Å². The van der Waals surface area contributed by atoms with Crippen LogP contribution in [-0.4, -0.2) is 50.8 Å². The number of rotatable bonds is 7. The van der Waals surface area contributed by atoms with Crippen molar-refractivity contribution < 1.29 is 30.0 Å². The van der Waals surface area contributed by atoms with Gasteiger partial charge in [-0.15, -0.1) is 0 Å². The van der Waals surface area contributed by atoms with Crippen molar-refractivity contribution in [3.05, 3.63) is 42.5 Å². The Kier molecular flexibility index (Phi) is 6.06. The molecule has 2 aromatic rings. The Balaban J connectivity index is 2.39. The van der Waals surface area contributed by atoms with Crippen molar-refractivity contribution >= 4 is 35.8 Å². The summed E-state index contributed by atoms with van der Waals surface area (Å²) in [6.07, 6.45) is 0. The molecule has 0 atom stereocenters. The molecule has 154 valence electrons. The Bertz CT molecular complexity index is 1190. The van der Waals surface area contributed by atoms with Gasteiger partial charge in [-0.1, -0.05) is 0 Å². The van der Waals surface area contributed by atoms with Crippen molar-refractivity contribution in [3.63, 3.8) is 0 Å². The first-order valence-electron chi connectivity index (χ1n) is 7.55. The summed E-state index contributed by atoms with van der Waals surface area (Å²) in [5.41, 5.74) is -0.0604. The van der Waals surface area contributed by atoms with E-state index in [-0.39, 0.29) is 26.1 Å². The summed E-state index contributed by atoms with van der Waals surface area (Å²) in [4.78, 5) is -0.668. The third-order valence-corrected chi connectivity index (χ3v) is 7.79. The number of primary sulfonamides is 1. The molecule has 0 fully saturated rings. The van der Waals surface area contributed by atoms with Crippen LogP contribution < -0.4 is 14.6 Å². The maximum atomic E-state index is 12.5. The second kappa shape index (κ2) is 7.67. The minimum Gasteiger partial charge on any atom is -0.495 e. The van der Waals surface area contributed by atoms with E-state index in [1.54, 1.807) is 0 Å². The van der Waals surface area contributed by atoms with Crippen molar-refractivity contribution in [2.45, 2.75) is 14.7 Å². The summed E-state index contributed by atoms with van der Waals surface area (Å²) in [6.45, 7) is 0. The second-order valence-corrected chi connectivity index (χ2v) is 11.1. The van der Waals surface area contributed by atoms with Crippen LogP contribution in [0.4, 0.5) is 5.69 Å². The predicted molar refractivity (Wildman–Crippen MR) is 102 cm³/mol. The van der Waals surface area contributed by atoms with Crippen LogP contribution in [0.2, 0.25) is 0 Å². The molecule has 0 radical (unpaired) electrons. The summed E-state index contributed by atoms with van der Waals surface area (Å²) in [5.74, 6) is -0.0382. The molecule has 13 heteroatoms. The molecule has 0 aliphatic heterocycles. The fraction of sp³-hybridized carbons (Fsp3) is 0.200. The van der Waals surface area contributed by atoms with Crippen molar-refractivity contribution in [2.75, 3.05) is 25.9 Å². The standard InChI is InChI=1S/C15H19N3O7S3/c1-18(2)28(23,24)13-7-5-12(6-8-13)27(21,22)17-11-4-9-14(25-3)15(10-11)26(16,19)20/h4-10,17H,1-3H3,(H2,16,19,20). The molecule has 10 nitrogen and oxygen atoms in total. The van der Waals surface area contributed by atoms with Gasteiger partial charge >= 0.3 is 0 Å². The highest BCUT2D eigenvalue weighted by atomic mass is 32.2. The van der Waals surface area contributed by atoms with E-state index >= 15 is 0 Å². The first-order chi connectivity index (χ1) is 12.8. The number of methoxy groups -OCH3 is 1. The number of nitrogens with two attached hydrogens (primary N) is 1. The Morgan fingerprint density at radius 2 is 1.43 bits per heavy atom. The molecule has 0 aliphatic rings. The molecule has 0 heterocycles. The quantitative estimate of drug-likeness (QED) is 0.620. The Morgan fingerprint density at radius 3 is 1.89 bits per heavy atom. The van der Waals surface area contributed by atoms with E-state index in [2.05, 4.69) is 4.72 Å². The van der Waals surface area contributed by atoms with Crippen molar-refractivity contribution in [1.82, 2.24) is 4.31 Å². The summed E-state index contributed by atoms with van der Waals surface area (Å²) in [6, 6.07) is 8.16. The zero-order valence-corrected chi connectivity index (χ0v) is 17.6. The third kappa shape index (κ3) is 4.62. The fourth-order valence-electron chi connectivity index (χ4n) is 2.18. The third-order valence-electron chi connectivity index (χ3n) is 3.63. The lowest BCUT2D eigenvalue weighted by atomic mass is 10.3. The maximum Gasteiger partial charge on any atom is 0.261 e. The van der Waals surface area contributed by atoms with Crippen molar-refractivity contribution in [1.29, 1.82) is 0 Å². The maximum absolute atomic E-state index is 12.5. The molecule has 0 bridgehead atoms. The molecule has 28 heavy (non-hydrogen) atoms. The van der Waals surface area contributed by atoms with Crippen LogP contribution in [0.5, 0.6) is 5.75 Å². The minimum absolute atomic E-state index is 0.0382. The van der Waals surface area contributed by atoms with Gasteiger partial charge in [-0.05, 0) is 42.5 Å². The second-order valence-electron chi connectivity index (χ2n) is 5.77. The fourth-order valence-corrected chi connectivity index (χ4v) is 4.85. The first-order valence-corrected chi connectivity index (χ1v) is 12.0. The predicted octanol–water partition coefficient (Wildman–Crippen LogP) is 0.394. The molecular weight excluding hydrogens is 430 g/mol. The lowest BCUT2D eigenvalue weighted by molar-refractivity contribution is 0.403. The molecule has 0 aliphatic carbocycles. The topological polar surface area (TPSA) is 153 Å². The molecule has 0 amide bonds. The van der Waals surface area contributed by atoms with Crippen LogP contribution in [0.1, 0.15) is 0 Å². The molecule has 0 saturated carbocycles. The Hall–Kier alpha value is -2.19. The Labute approximate surface area is 164 Å². The molecule has 0 spiro atoms. The van der Waals surface area contributed by atoms with Gasteiger partial charge in [0, 0.05) is 14.1 Å². The number of sulfonamides is 3. The average molecular weight is 450 g/mol. The van der Waals surface area contributed by atoms with Crippen LogP contribution in [0.3, 0.4) is 0 Å². The number of hydrogen-bond donors (Lipinski definition) is 2. The SMILES string of the molecule is COc1ccc(NS(=O)(=O)c2ccc(S(=O)(=O)N(C)C)cc2)cc1S(N)(=O)=O. The summed E-state index contributed by atoms with van der Waals surface area (Å²) in [7, 11) is -8.01. The summed E-state index contributed by atoms with van der Waals surface area (Å²) < 4.78 is 80.6. The summed E-state index contributed by atoms with van der Waals surface area (Å²) >= 11 is 0.